The van der Waals surface area contributed by atoms with Crippen molar-refractivity contribution in [2.24, 2.45) is 5.92 Å². The molecular weight excluding hydrogens is 336 g/mol. The standard InChI is InChI=1S/C18H22N4O2S/c1-4-5-15-20-21-18(25-15)19-17(24)13-9-16(23)22(10-13)14-7-6-11(2)12(3)8-14/h6-8,13H,4-5,9-10H2,1-3H3,(H,19,21,24)/t13-/m1/s1. The summed E-state index contributed by atoms with van der Waals surface area (Å²) in [5, 5.41) is 12.3. The molecule has 3 rings (SSSR count). The number of amides is 2. The van der Waals surface area contributed by atoms with Crippen molar-refractivity contribution in [2.45, 2.75) is 40.0 Å². The first-order valence-corrected chi connectivity index (χ1v) is 9.30. The quantitative estimate of drug-likeness (QED) is 0.891. The van der Waals surface area contributed by atoms with Crippen LogP contribution in [0.4, 0.5) is 10.8 Å². The van der Waals surface area contributed by atoms with Crippen molar-refractivity contribution >= 4 is 34.0 Å². The van der Waals surface area contributed by atoms with Gasteiger partial charge in [0.2, 0.25) is 16.9 Å². The van der Waals surface area contributed by atoms with Gasteiger partial charge in [0.05, 0.1) is 5.92 Å². The Balaban J connectivity index is 1.66. The van der Waals surface area contributed by atoms with E-state index < -0.39 is 0 Å². The largest absolute Gasteiger partial charge is 0.312 e. The molecule has 1 aliphatic rings. The number of nitrogens with one attached hydrogen (secondary N) is 1. The SMILES string of the molecule is CCCc1nnc(NC(=O)[C@@H]2CC(=O)N(c3ccc(C)c(C)c3)C2)s1. The van der Waals surface area contributed by atoms with Gasteiger partial charge in [0.1, 0.15) is 5.01 Å². The lowest BCUT2D eigenvalue weighted by Crippen LogP contribution is -2.28. The molecule has 0 unspecified atom stereocenters. The lowest BCUT2D eigenvalue weighted by molar-refractivity contribution is -0.122. The molecular formula is C18H22N4O2S. The van der Waals surface area contributed by atoms with E-state index in [1.165, 1.54) is 16.9 Å². The summed E-state index contributed by atoms with van der Waals surface area (Å²) >= 11 is 1.39. The van der Waals surface area contributed by atoms with E-state index >= 15 is 0 Å². The average molecular weight is 358 g/mol. The van der Waals surface area contributed by atoms with Gasteiger partial charge < -0.3 is 10.2 Å². The summed E-state index contributed by atoms with van der Waals surface area (Å²) in [6.45, 7) is 6.53. The minimum absolute atomic E-state index is 0.0210. The van der Waals surface area contributed by atoms with E-state index in [2.05, 4.69) is 22.4 Å². The lowest BCUT2D eigenvalue weighted by atomic mass is 10.1. The number of anilines is 2. The van der Waals surface area contributed by atoms with Crippen LogP contribution < -0.4 is 10.2 Å². The second kappa shape index (κ2) is 7.31. The molecule has 7 heteroatoms. The topological polar surface area (TPSA) is 75.2 Å². The van der Waals surface area contributed by atoms with E-state index in [-0.39, 0.29) is 24.2 Å². The predicted molar refractivity (Wildman–Crippen MR) is 98.9 cm³/mol. The Kier molecular flexibility index (Phi) is 5.13. The van der Waals surface area contributed by atoms with Gasteiger partial charge in [-0.2, -0.15) is 0 Å². The molecule has 2 aromatic rings. The second-order valence-corrected chi connectivity index (χ2v) is 7.48. The number of carbonyl (C=O) groups is 2. The van der Waals surface area contributed by atoms with Crippen LogP contribution in [0.5, 0.6) is 0 Å². The summed E-state index contributed by atoms with van der Waals surface area (Å²) in [4.78, 5) is 26.5. The minimum atomic E-state index is -0.368. The first kappa shape index (κ1) is 17.5. The van der Waals surface area contributed by atoms with E-state index in [9.17, 15) is 9.59 Å². The molecule has 1 aromatic heterocycles. The van der Waals surface area contributed by atoms with Gasteiger partial charge in [0, 0.05) is 25.1 Å². The van der Waals surface area contributed by atoms with Gasteiger partial charge in [-0.05, 0) is 43.5 Å². The van der Waals surface area contributed by atoms with Gasteiger partial charge >= 0.3 is 0 Å². The zero-order valence-corrected chi connectivity index (χ0v) is 15.5. The fourth-order valence-electron chi connectivity index (χ4n) is 2.85. The van der Waals surface area contributed by atoms with E-state index in [4.69, 9.17) is 0 Å². The van der Waals surface area contributed by atoms with Gasteiger partial charge in [-0.25, -0.2) is 0 Å². The molecule has 1 saturated heterocycles. The number of carbonyl (C=O) groups excluding carboxylic acids is 2. The highest BCUT2D eigenvalue weighted by molar-refractivity contribution is 7.15. The predicted octanol–water partition coefficient (Wildman–Crippen LogP) is 3.10. The number of aromatic nitrogens is 2. The van der Waals surface area contributed by atoms with E-state index in [0.29, 0.717) is 11.7 Å². The van der Waals surface area contributed by atoms with Crippen LogP contribution in [0.15, 0.2) is 18.2 Å². The van der Waals surface area contributed by atoms with Crippen LogP contribution in [0.1, 0.15) is 35.9 Å². The molecule has 0 radical (unpaired) electrons. The third-order valence-corrected chi connectivity index (χ3v) is 5.36. The monoisotopic (exact) mass is 358 g/mol. The van der Waals surface area contributed by atoms with Crippen molar-refractivity contribution in [1.82, 2.24) is 10.2 Å². The molecule has 0 saturated carbocycles. The molecule has 1 aromatic carbocycles. The van der Waals surface area contributed by atoms with E-state index in [1.54, 1.807) is 4.90 Å². The molecule has 1 atom stereocenters. The highest BCUT2D eigenvalue weighted by Gasteiger charge is 2.35. The second-order valence-electron chi connectivity index (χ2n) is 6.41. The summed E-state index contributed by atoms with van der Waals surface area (Å²) in [6.07, 6.45) is 2.07. The Morgan fingerprint density at radius 1 is 1.32 bits per heavy atom. The van der Waals surface area contributed by atoms with Gasteiger partial charge in [-0.15, -0.1) is 10.2 Å². The van der Waals surface area contributed by atoms with Crippen molar-refractivity contribution in [3.63, 3.8) is 0 Å². The lowest BCUT2D eigenvalue weighted by Gasteiger charge is -2.17. The fourth-order valence-corrected chi connectivity index (χ4v) is 3.70. The van der Waals surface area contributed by atoms with Crippen LogP contribution in [0, 0.1) is 19.8 Å². The average Bonchev–Trinajstić information content (AvgIpc) is 3.17. The molecule has 1 N–H and O–H groups in total. The van der Waals surface area contributed by atoms with Gasteiger partial charge in [-0.3, -0.25) is 9.59 Å². The van der Waals surface area contributed by atoms with Crippen molar-refractivity contribution in [1.29, 1.82) is 0 Å². The molecule has 132 valence electrons. The molecule has 2 amide bonds. The van der Waals surface area contributed by atoms with Crippen LogP contribution >= 0.6 is 11.3 Å². The van der Waals surface area contributed by atoms with Crippen LogP contribution in [0.3, 0.4) is 0 Å². The molecule has 0 bridgehead atoms. The number of nitrogens with zero attached hydrogens (tertiary/aromatic N) is 3. The maximum absolute atomic E-state index is 12.5. The maximum atomic E-state index is 12.5. The van der Waals surface area contributed by atoms with Crippen LogP contribution in [-0.4, -0.2) is 28.6 Å². The Morgan fingerprint density at radius 3 is 2.84 bits per heavy atom. The first-order chi connectivity index (χ1) is 12.0. The van der Waals surface area contributed by atoms with Crippen LogP contribution in [-0.2, 0) is 16.0 Å². The highest BCUT2D eigenvalue weighted by Crippen LogP contribution is 2.28. The van der Waals surface area contributed by atoms with Crippen molar-refractivity contribution in [2.75, 3.05) is 16.8 Å². The van der Waals surface area contributed by atoms with Gasteiger partial charge in [0.25, 0.3) is 0 Å². The molecule has 2 heterocycles. The Labute approximate surface area is 151 Å². The zero-order valence-electron chi connectivity index (χ0n) is 14.7. The molecule has 1 aliphatic heterocycles. The van der Waals surface area contributed by atoms with E-state index in [0.717, 1.165) is 29.1 Å². The maximum Gasteiger partial charge on any atom is 0.231 e. The summed E-state index contributed by atoms with van der Waals surface area (Å²) in [5.74, 6) is -0.557. The van der Waals surface area contributed by atoms with Gasteiger partial charge in [0.15, 0.2) is 0 Å². The van der Waals surface area contributed by atoms with Crippen LogP contribution in [0.2, 0.25) is 0 Å². The minimum Gasteiger partial charge on any atom is -0.312 e. The third kappa shape index (κ3) is 3.87. The van der Waals surface area contributed by atoms with E-state index in [1.807, 2.05) is 32.0 Å². The zero-order chi connectivity index (χ0) is 18.0. The van der Waals surface area contributed by atoms with Crippen LogP contribution in [0.25, 0.3) is 0 Å². The molecule has 6 nitrogen and oxygen atoms in total. The fraction of sp³-hybridized carbons (Fsp3) is 0.444. The highest BCUT2D eigenvalue weighted by atomic mass is 32.1. The Bertz CT molecular complexity index is 802. The Hall–Kier alpha value is -2.28. The normalized spacial score (nSPS) is 17.2. The number of rotatable bonds is 5. The molecule has 1 fully saturated rings. The third-order valence-electron chi connectivity index (χ3n) is 4.46. The molecule has 0 aliphatic carbocycles. The van der Waals surface area contributed by atoms with Crippen molar-refractivity contribution < 1.29 is 9.59 Å². The van der Waals surface area contributed by atoms with Crippen molar-refractivity contribution in [3.8, 4) is 0 Å². The smallest absolute Gasteiger partial charge is 0.231 e. The summed E-state index contributed by atoms with van der Waals surface area (Å²) in [6, 6.07) is 5.93. The summed E-state index contributed by atoms with van der Waals surface area (Å²) in [5.41, 5.74) is 3.17. The van der Waals surface area contributed by atoms with Gasteiger partial charge in [-0.1, -0.05) is 24.3 Å². The molecule has 25 heavy (non-hydrogen) atoms. The summed E-state index contributed by atoms with van der Waals surface area (Å²) in [7, 11) is 0. The summed E-state index contributed by atoms with van der Waals surface area (Å²) < 4.78 is 0. The Morgan fingerprint density at radius 2 is 2.12 bits per heavy atom. The number of aryl methyl sites for hydroxylation is 3. The molecule has 0 spiro atoms. The first-order valence-electron chi connectivity index (χ1n) is 8.48. The number of benzene rings is 1. The number of hydrogen-bond acceptors (Lipinski definition) is 5. The number of hydrogen-bond donors (Lipinski definition) is 1. The van der Waals surface area contributed by atoms with Crippen molar-refractivity contribution in [3.05, 3.63) is 34.3 Å².